The van der Waals surface area contributed by atoms with Gasteiger partial charge in [0.05, 0.1) is 17.7 Å². The van der Waals surface area contributed by atoms with Crippen LogP contribution in [0.15, 0.2) is 16.7 Å². The Morgan fingerprint density at radius 2 is 2.24 bits per heavy atom. The molecule has 1 aliphatic carbocycles. The number of pyridine rings is 1. The molecule has 7 heteroatoms. The minimum Gasteiger partial charge on any atom is -0.394 e. The summed E-state index contributed by atoms with van der Waals surface area (Å²) in [6.07, 6.45) is 0.0301. The summed E-state index contributed by atoms with van der Waals surface area (Å²) in [6, 6.07) is 1.01. The first-order valence-corrected chi connectivity index (χ1v) is 7.67. The van der Waals surface area contributed by atoms with Crippen molar-refractivity contribution >= 4 is 21.7 Å². The molecule has 0 saturated heterocycles. The second kappa shape index (κ2) is 6.12. The molecule has 2 unspecified atom stereocenters. The van der Waals surface area contributed by atoms with Crippen LogP contribution in [0.3, 0.4) is 0 Å². The molecule has 1 aromatic rings. The Morgan fingerprint density at radius 1 is 1.52 bits per heavy atom. The van der Waals surface area contributed by atoms with E-state index in [4.69, 9.17) is 0 Å². The summed E-state index contributed by atoms with van der Waals surface area (Å²) in [6.45, 7) is 1.84. The highest BCUT2D eigenvalue weighted by molar-refractivity contribution is 9.10. The third kappa shape index (κ3) is 3.88. The van der Waals surface area contributed by atoms with Crippen LogP contribution < -0.4 is 5.32 Å². The lowest BCUT2D eigenvalue weighted by molar-refractivity contribution is -0.137. The van der Waals surface area contributed by atoms with Gasteiger partial charge in [-0.2, -0.15) is 13.2 Å². The van der Waals surface area contributed by atoms with Gasteiger partial charge in [0.2, 0.25) is 0 Å². The maximum absolute atomic E-state index is 13.1. The lowest BCUT2D eigenvalue weighted by atomic mass is 9.77. The molecule has 0 aliphatic heterocycles. The van der Waals surface area contributed by atoms with Gasteiger partial charge in [0.1, 0.15) is 5.82 Å². The van der Waals surface area contributed by atoms with Gasteiger partial charge in [-0.1, -0.05) is 19.8 Å². The van der Waals surface area contributed by atoms with E-state index in [1.165, 1.54) is 6.20 Å². The van der Waals surface area contributed by atoms with E-state index < -0.39 is 17.3 Å². The largest absolute Gasteiger partial charge is 0.419 e. The zero-order chi connectivity index (χ0) is 15.7. The van der Waals surface area contributed by atoms with Crippen molar-refractivity contribution < 1.29 is 18.3 Å². The van der Waals surface area contributed by atoms with Crippen LogP contribution >= 0.6 is 15.9 Å². The van der Waals surface area contributed by atoms with Crippen molar-refractivity contribution in [3.63, 3.8) is 0 Å². The van der Waals surface area contributed by atoms with Crippen molar-refractivity contribution in [2.75, 3.05) is 11.9 Å². The van der Waals surface area contributed by atoms with Gasteiger partial charge in [0, 0.05) is 10.7 Å². The molecular formula is C14H18BrF3N2O. The molecule has 3 nitrogen and oxygen atoms in total. The highest BCUT2D eigenvalue weighted by Gasteiger charge is 2.39. The molecule has 1 heterocycles. The molecule has 2 atom stereocenters. The summed E-state index contributed by atoms with van der Waals surface area (Å²) in [5.41, 5.74) is -1.54. The fourth-order valence-corrected chi connectivity index (χ4v) is 3.29. The quantitative estimate of drug-likeness (QED) is 0.841. The Labute approximate surface area is 130 Å². The zero-order valence-corrected chi connectivity index (χ0v) is 13.3. The van der Waals surface area contributed by atoms with Gasteiger partial charge >= 0.3 is 6.18 Å². The molecule has 1 saturated carbocycles. The predicted octanol–water partition coefficient (Wildman–Crippen LogP) is 4.22. The fraction of sp³-hybridized carbons (Fsp3) is 0.643. The van der Waals surface area contributed by atoms with Crippen molar-refractivity contribution in [2.24, 2.45) is 5.92 Å². The fourth-order valence-electron chi connectivity index (χ4n) is 2.96. The number of hydrogen-bond acceptors (Lipinski definition) is 3. The topological polar surface area (TPSA) is 45.1 Å². The molecule has 0 amide bonds. The minimum atomic E-state index is -4.49. The van der Waals surface area contributed by atoms with E-state index in [0.717, 1.165) is 18.9 Å². The standard InChI is InChI=1S/C14H18BrF3N2O/c1-9-3-2-4-13(6-9,8-21)20-12-11(14(16,17)18)5-10(15)7-19-12/h5,7,9,21H,2-4,6,8H2,1H3,(H,19,20). The summed E-state index contributed by atoms with van der Waals surface area (Å²) in [5.74, 6) is 0.150. The van der Waals surface area contributed by atoms with E-state index in [0.29, 0.717) is 18.8 Å². The maximum atomic E-state index is 13.1. The van der Waals surface area contributed by atoms with Gasteiger partial charge < -0.3 is 10.4 Å². The Hall–Kier alpha value is -0.820. The number of anilines is 1. The first-order chi connectivity index (χ1) is 9.76. The van der Waals surface area contributed by atoms with Crippen LogP contribution in [0.1, 0.15) is 38.2 Å². The third-order valence-corrected chi connectivity index (χ3v) is 4.37. The minimum absolute atomic E-state index is 0.202. The van der Waals surface area contributed by atoms with E-state index in [2.05, 4.69) is 26.2 Å². The number of aromatic nitrogens is 1. The number of aliphatic hydroxyl groups is 1. The van der Waals surface area contributed by atoms with Crippen LogP contribution in [-0.2, 0) is 6.18 Å². The number of rotatable bonds is 3. The zero-order valence-electron chi connectivity index (χ0n) is 11.7. The van der Waals surface area contributed by atoms with Gasteiger partial charge in [-0.3, -0.25) is 0 Å². The van der Waals surface area contributed by atoms with E-state index in [-0.39, 0.29) is 16.9 Å². The lowest BCUT2D eigenvalue weighted by Gasteiger charge is -2.40. The molecule has 1 aromatic heterocycles. The summed E-state index contributed by atoms with van der Waals surface area (Å²) >= 11 is 3.01. The second-order valence-electron chi connectivity index (χ2n) is 5.81. The van der Waals surface area contributed by atoms with Gasteiger partial charge in [0.15, 0.2) is 0 Å². The molecule has 0 radical (unpaired) electrons. The first-order valence-electron chi connectivity index (χ1n) is 6.87. The molecule has 0 spiro atoms. The molecule has 0 bridgehead atoms. The van der Waals surface area contributed by atoms with E-state index in [9.17, 15) is 18.3 Å². The number of hydrogen-bond donors (Lipinski definition) is 2. The van der Waals surface area contributed by atoms with Gasteiger partial charge in [-0.15, -0.1) is 0 Å². The summed E-state index contributed by atoms with van der Waals surface area (Å²) < 4.78 is 39.6. The molecule has 1 fully saturated rings. The van der Waals surface area contributed by atoms with E-state index in [1.807, 2.05) is 6.92 Å². The van der Waals surface area contributed by atoms with Crippen LogP contribution in [0.4, 0.5) is 19.0 Å². The van der Waals surface area contributed by atoms with Crippen molar-refractivity contribution in [1.29, 1.82) is 0 Å². The highest BCUT2D eigenvalue weighted by Crippen LogP contribution is 2.39. The number of alkyl halides is 3. The number of nitrogens with zero attached hydrogens (tertiary/aromatic N) is 1. The van der Waals surface area contributed by atoms with Crippen molar-refractivity contribution in [3.8, 4) is 0 Å². The maximum Gasteiger partial charge on any atom is 0.419 e. The van der Waals surface area contributed by atoms with Crippen LogP contribution in [-0.4, -0.2) is 22.2 Å². The molecule has 0 aromatic carbocycles. The average molecular weight is 367 g/mol. The Kier molecular flexibility index (Phi) is 4.82. The summed E-state index contributed by atoms with van der Waals surface area (Å²) in [4.78, 5) is 3.87. The molecule has 1 aliphatic rings. The second-order valence-corrected chi connectivity index (χ2v) is 6.73. The first kappa shape index (κ1) is 16.5. The van der Waals surface area contributed by atoms with Crippen molar-refractivity contribution in [3.05, 3.63) is 22.3 Å². The Bertz CT molecular complexity index is 509. The van der Waals surface area contributed by atoms with Crippen LogP contribution in [0.2, 0.25) is 0 Å². The predicted molar refractivity (Wildman–Crippen MR) is 78.0 cm³/mol. The van der Waals surface area contributed by atoms with Gasteiger partial charge in [0.25, 0.3) is 0 Å². The number of nitrogens with one attached hydrogen (secondary N) is 1. The number of halogens is 4. The molecule has 2 N–H and O–H groups in total. The monoisotopic (exact) mass is 366 g/mol. The Morgan fingerprint density at radius 3 is 2.81 bits per heavy atom. The smallest absolute Gasteiger partial charge is 0.394 e. The molecule has 2 rings (SSSR count). The van der Waals surface area contributed by atoms with Crippen molar-refractivity contribution in [1.82, 2.24) is 4.98 Å². The highest BCUT2D eigenvalue weighted by atomic mass is 79.9. The number of aliphatic hydroxyl groups excluding tert-OH is 1. The van der Waals surface area contributed by atoms with Crippen molar-refractivity contribution in [2.45, 2.75) is 44.3 Å². The molecule has 21 heavy (non-hydrogen) atoms. The van der Waals surface area contributed by atoms with Gasteiger partial charge in [-0.25, -0.2) is 4.98 Å². The molecule has 118 valence electrons. The summed E-state index contributed by atoms with van der Waals surface area (Å²) in [7, 11) is 0. The Balaban J connectivity index is 2.33. The van der Waals surface area contributed by atoms with E-state index in [1.54, 1.807) is 0 Å². The van der Waals surface area contributed by atoms with Crippen LogP contribution in [0.5, 0.6) is 0 Å². The normalized spacial score (nSPS) is 26.7. The summed E-state index contributed by atoms with van der Waals surface area (Å²) in [5, 5.41) is 12.6. The van der Waals surface area contributed by atoms with Gasteiger partial charge in [-0.05, 0) is 40.8 Å². The SMILES string of the molecule is CC1CCCC(CO)(Nc2ncc(Br)cc2C(F)(F)F)C1. The third-order valence-electron chi connectivity index (χ3n) is 3.94. The molecular weight excluding hydrogens is 349 g/mol. The van der Waals surface area contributed by atoms with Crippen LogP contribution in [0, 0.1) is 5.92 Å². The lowest BCUT2D eigenvalue weighted by Crippen LogP contribution is -2.46. The average Bonchev–Trinajstić information content (AvgIpc) is 2.40. The van der Waals surface area contributed by atoms with E-state index >= 15 is 0 Å². The van der Waals surface area contributed by atoms with Crippen LogP contribution in [0.25, 0.3) is 0 Å².